The van der Waals surface area contributed by atoms with Gasteiger partial charge in [0.05, 0.1) is 23.8 Å². The van der Waals surface area contributed by atoms with Crippen molar-refractivity contribution in [1.82, 2.24) is 19.9 Å². The fourth-order valence-corrected chi connectivity index (χ4v) is 7.29. The van der Waals surface area contributed by atoms with Gasteiger partial charge in [0.1, 0.15) is 0 Å². The van der Waals surface area contributed by atoms with E-state index < -0.39 is 0 Å². The number of ether oxygens (including phenoxy) is 1. The summed E-state index contributed by atoms with van der Waals surface area (Å²) in [5, 5.41) is 3.72. The van der Waals surface area contributed by atoms with Gasteiger partial charge in [-0.25, -0.2) is 9.97 Å². The number of hydrogen-bond acceptors (Lipinski definition) is 5. The molecule has 1 aromatic carbocycles. The first-order chi connectivity index (χ1) is 20.6. The number of piperidine rings is 2. The van der Waals surface area contributed by atoms with Crippen LogP contribution in [-0.4, -0.2) is 33.7 Å². The SMILES string of the molecule is CC.CCC1CCCC(CC)CCC1.COc1cccc(-c2nc3ccccc3n(C3CC4CCCC(C3)N4)c2=O)n1. The Balaban J connectivity index is 0.000000244. The molecule has 3 aromatic rings. The van der Waals surface area contributed by atoms with Crippen molar-refractivity contribution in [3.63, 3.8) is 0 Å². The molecule has 1 saturated carbocycles. The number of para-hydroxylation sites is 2. The molecule has 0 amide bonds. The van der Waals surface area contributed by atoms with Gasteiger partial charge in [-0.15, -0.1) is 0 Å². The minimum atomic E-state index is -0.0653. The average molecular weight is 575 g/mol. The van der Waals surface area contributed by atoms with Crippen molar-refractivity contribution >= 4 is 11.0 Å². The molecule has 1 aliphatic carbocycles. The summed E-state index contributed by atoms with van der Waals surface area (Å²) in [6.07, 6.45) is 17.5. The molecule has 6 rings (SSSR count). The fourth-order valence-electron chi connectivity index (χ4n) is 7.29. The van der Waals surface area contributed by atoms with Gasteiger partial charge in [0.25, 0.3) is 5.56 Å². The Kier molecular flexibility index (Phi) is 12.4. The standard InChI is InChI=1S/C22H24N4O2.C12H24.C2H6/c1-28-20-11-5-9-18(24-20)21-22(27)26(19-10-3-2-8-17(19)25-21)16-12-14-6-4-7-15(13-16)23-14;1-3-11-7-5-9-12(4-2)10-6-8-11;1-2/h2-3,5,8-11,14-16,23H,4,6-7,12-13H2,1H3;11-12H,3-10H2,1-2H3;1-2H3. The molecule has 3 fully saturated rings. The van der Waals surface area contributed by atoms with Gasteiger partial charge in [-0.3, -0.25) is 4.79 Å². The molecule has 2 bridgehead atoms. The van der Waals surface area contributed by atoms with Crippen LogP contribution in [0.5, 0.6) is 5.88 Å². The maximum Gasteiger partial charge on any atom is 0.279 e. The number of fused-ring (bicyclic) bond motifs is 3. The molecule has 0 radical (unpaired) electrons. The maximum absolute atomic E-state index is 13.6. The number of methoxy groups -OCH3 is 1. The maximum atomic E-state index is 13.6. The molecule has 2 aliphatic heterocycles. The second-order valence-electron chi connectivity index (χ2n) is 12.2. The normalized spacial score (nSPS) is 25.6. The summed E-state index contributed by atoms with van der Waals surface area (Å²) in [7, 11) is 1.58. The van der Waals surface area contributed by atoms with Gasteiger partial charge in [0.15, 0.2) is 5.69 Å². The fraction of sp³-hybridized carbons (Fsp3) is 0.639. The van der Waals surface area contributed by atoms with Gasteiger partial charge in [-0.2, -0.15) is 0 Å². The Bertz CT molecular complexity index is 1270. The molecule has 230 valence electrons. The van der Waals surface area contributed by atoms with Crippen molar-refractivity contribution in [2.45, 2.75) is 129 Å². The monoisotopic (exact) mass is 574 g/mol. The molecule has 1 N–H and O–H groups in total. The van der Waals surface area contributed by atoms with Crippen LogP contribution >= 0.6 is 0 Å². The van der Waals surface area contributed by atoms with Gasteiger partial charge in [-0.1, -0.05) is 104 Å². The summed E-state index contributed by atoms with van der Waals surface area (Å²) < 4.78 is 7.22. The highest BCUT2D eigenvalue weighted by Crippen LogP contribution is 2.34. The molecule has 2 unspecified atom stereocenters. The zero-order chi connectivity index (χ0) is 29.9. The van der Waals surface area contributed by atoms with Crippen LogP contribution in [0.3, 0.4) is 0 Å². The molecular formula is C36H54N4O2. The summed E-state index contributed by atoms with van der Waals surface area (Å²) in [4.78, 5) is 22.7. The summed E-state index contributed by atoms with van der Waals surface area (Å²) in [5.41, 5.74) is 2.61. The van der Waals surface area contributed by atoms with Gasteiger partial charge in [0.2, 0.25) is 5.88 Å². The van der Waals surface area contributed by atoms with Crippen LogP contribution in [0.25, 0.3) is 22.4 Å². The largest absolute Gasteiger partial charge is 0.481 e. The number of benzene rings is 1. The Labute approximate surface area is 253 Å². The molecule has 3 aliphatic rings. The highest BCUT2D eigenvalue weighted by atomic mass is 16.5. The number of hydrogen-bond donors (Lipinski definition) is 1. The summed E-state index contributed by atoms with van der Waals surface area (Å²) >= 11 is 0. The molecule has 6 nitrogen and oxygen atoms in total. The van der Waals surface area contributed by atoms with E-state index in [1.54, 1.807) is 13.2 Å². The van der Waals surface area contributed by atoms with E-state index in [0.717, 1.165) is 35.7 Å². The zero-order valence-electron chi connectivity index (χ0n) is 26.8. The van der Waals surface area contributed by atoms with E-state index in [1.807, 2.05) is 54.8 Å². The van der Waals surface area contributed by atoms with E-state index >= 15 is 0 Å². The first-order valence-electron chi connectivity index (χ1n) is 16.9. The molecular weight excluding hydrogens is 520 g/mol. The van der Waals surface area contributed by atoms with Crippen molar-refractivity contribution in [3.8, 4) is 17.3 Å². The van der Waals surface area contributed by atoms with Crippen molar-refractivity contribution < 1.29 is 4.74 Å². The molecule has 2 aromatic heterocycles. The molecule has 42 heavy (non-hydrogen) atoms. The number of aromatic nitrogens is 3. The van der Waals surface area contributed by atoms with E-state index in [2.05, 4.69) is 29.1 Å². The van der Waals surface area contributed by atoms with Crippen molar-refractivity contribution in [1.29, 1.82) is 0 Å². The third-order valence-corrected chi connectivity index (χ3v) is 9.63. The highest BCUT2D eigenvalue weighted by molar-refractivity contribution is 5.77. The van der Waals surface area contributed by atoms with Gasteiger partial charge < -0.3 is 14.6 Å². The van der Waals surface area contributed by atoms with Crippen LogP contribution in [-0.2, 0) is 0 Å². The van der Waals surface area contributed by atoms with Crippen LogP contribution in [0.1, 0.15) is 117 Å². The minimum absolute atomic E-state index is 0.0653. The van der Waals surface area contributed by atoms with Gasteiger partial charge in [-0.05, 0) is 55.7 Å². The quantitative estimate of drug-likeness (QED) is 0.330. The van der Waals surface area contributed by atoms with Crippen molar-refractivity contribution in [2.75, 3.05) is 7.11 Å². The van der Waals surface area contributed by atoms with E-state index in [4.69, 9.17) is 4.74 Å². The lowest BCUT2D eigenvalue weighted by atomic mass is 9.84. The van der Waals surface area contributed by atoms with E-state index in [0.29, 0.717) is 29.4 Å². The van der Waals surface area contributed by atoms with Crippen LogP contribution in [0, 0.1) is 11.8 Å². The molecule has 0 spiro atoms. The van der Waals surface area contributed by atoms with Gasteiger partial charge >= 0.3 is 0 Å². The van der Waals surface area contributed by atoms with E-state index in [1.165, 1.54) is 70.6 Å². The summed E-state index contributed by atoms with van der Waals surface area (Å²) in [5.74, 6) is 2.60. The Morgan fingerprint density at radius 2 is 1.40 bits per heavy atom. The van der Waals surface area contributed by atoms with Crippen molar-refractivity contribution in [2.24, 2.45) is 11.8 Å². The molecule has 4 heterocycles. The second-order valence-corrected chi connectivity index (χ2v) is 12.2. The molecule has 2 atom stereocenters. The summed E-state index contributed by atoms with van der Waals surface area (Å²) in [6.45, 7) is 8.70. The Morgan fingerprint density at radius 3 is 2.00 bits per heavy atom. The molecule has 6 heteroatoms. The van der Waals surface area contributed by atoms with Crippen LogP contribution in [0.4, 0.5) is 0 Å². The van der Waals surface area contributed by atoms with Crippen LogP contribution in [0.2, 0.25) is 0 Å². The van der Waals surface area contributed by atoms with Crippen LogP contribution in [0.15, 0.2) is 47.3 Å². The Hall–Kier alpha value is -2.73. The van der Waals surface area contributed by atoms with Crippen molar-refractivity contribution in [3.05, 3.63) is 52.8 Å². The van der Waals surface area contributed by atoms with E-state index in [9.17, 15) is 4.79 Å². The predicted octanol–water partition coefficient (Wildman–Crippen LogP) is 8.73. The second kappa shape index (κ2) is 16.2. The lowest BCUT2D eigenvalue weighted by Crippen LogP contribution is -2.50. The van der Waals surface area contributed by atoms with Gasteiger partial charge in [0, 0.05) is 24.2 Å². The summed E-state index contributed by atoms with van der Waals surface area (Å²) in [6, 6.07) is 14.5. The first-order valence-corrected chi connectivity index (χ1v) is 16.9. The first kappa shape index (κ1) is 32.2. The topological polar surface area (TPSA) is 69.0 Å². The third-order valence-electron chi connectivity index (χ3n) is 9.63. The number of rotatable bonds is 5. The average Bonchev–Trinajstić information content (AvgIpc) is 3.02. The zero-order valence-corrected chi connectivity index (χ0v) is 26.8. The third kappa shape index (κ3) is 8.00. The minimum Gasteiger partial charge on any atom is -0.481 e. The predicted molar refractivity (Wildman–Crippen MR) is 175 cm³/mol. The molecule has 2 saturated heterocycles. The highest BCUT2D eigenvalue weighted by Gasteiger charge is 2.33. The van der Waals surface area contributed by atoms with Crippen LogP contribution < -0.4 is 15.6 Å². The lowest BCUT2D eigenvalue weighted by molar-refractivity contribution is 0.189. The number of pyridine rings is 1. The smallest absolute Gasteiger partial charge is 0.279 e. The lowest BCUT2D eigenvalue weighted by Gasteiger charge is -2.41. The Morgan fingerprint density at radius 1 is 0.810 bits per heavy atom. The number of nitrogens with one attached hydrogen (secondary N) is 1. The number of nitrogens with zero attached hydrogens (tertiary/aromatic N) is 3. The van der Waals surface area contributed by atoms with E-state index in [-0.39, 0.29) is 11.6 Å².